The van der Waals surface area contributed by atoms with E-state index in [1.165, 1.54) is 40.1 Å². The van der Waals surface area contributed by atoms with Crippen molar-refractivity contribution >= 4 is 31.2 Å². The van der Waals surface area contributed by atoms with Crippen molar-refractivity contribution in [3.05, 3.63) is 124 Å². The molecule has 7 heteroatoms. The molecule has 1 atom stereocenters. The first-order valence-electron chi connectivity index (χ1n) is 15.6. The molecule has 1 saturated heterocycles. The van der Waals surface area contributed by atoms with E-state index in [-0.39, 0.29) is 22.7 Å². The standard InChI is InChI=1S/C28H36N.C10H11NO3.ClH.Ru/c1-7-10-19-25(24-15-12-11-13-16-24)28(6)20-27(4,5)29(21-28)26-22(8-2)17-14-18-23(26)9-3;1-7(2)14-10-5-4-9(11(12)13)6-8(10)3;;/h7,10-19,21H,8-9,20H2,1-6H3;3-7H,1-2H3;1H;/q-1;;;+1/p-1/b10-7-,25-19+;;;. The summed E-state index contributed by atoms with van der Waals surface area (Å²) in [5, 5.41) is 10.6. The number of benzene rings is 3. The molecule has 4 rings (SSSR count). The van der Waals surface area contributed by atoms with Crippen molar-refractivity contribution in [3.8, 4) is 5.75 Å². The molecule has 1 aliphatic heterocycles. The van der Waals surface area contributed by atoms with Gasteiger partial charge in [0.25, 0.3) is 0 Å². The Labute approximate surface area is 281 Å². The van der Waals surface area contributed by atoms with Gasteiger partial charge in [0.05, 0.1) is 0 Å². The first-order valence-corrected chi connectivity index (χ1v) is 18.8. The van der Waals surface area contributed by atoms with Gasteiger partial charge in [-0.1, -0.05) is 93.1 Å². The van der Waals surface area contributed by atoms with Crippen molar-refractivity contribution in [3.63, 3.8) is 0 Å². The molecule has 3 aromatic rings. The van der Waals surface area contributed by atoms with Crippen LogP contribution in [0.3, 0.4) is 0 Å². The number of aryl methyl sites for hydroxylation is 2. The number of hydrogen-bond acceptors (Lipinski definition) is 4. The van der Waals surface area contributed by atoms with Crippen molar-refractivity contribution in [1.82, 2.24) is 0 Å². The van der Waals surface area contributed by atoms with Crippen LogP contribution in [-0.4, -0.2) is 21.2 Å². The second kappa shape index (κ2) is 16.5. The molecule has 0 radical (unpaired) electrons. The zero-order chi connectivity index (χ0) is 33.2. The number of para-hydroxylation sites is 1. The van der Waals surface area contributed by atoms with Crippen LogP contribution in [0, 0.1) is 22.1 Å². The number of nitro benzene ring substituents is 1. The van der Waals surface area contributed by atoms with Gasteiger partial charge in [-0.05, 0) is 56.7 Å². The molecule has 45 heavy (non-hydrogen) atoms. The van der Waals surface area contributed by atoms with E-state index in [4.69, 9.17) is 14.4 Å². The van der Waals surface area contributed by atoms with Crippen LogP contribution in [0.5, 0.6) is 5.75 Å². The van der Waals surface area contributed by atoms with Gasteiger partial charge >= 0.3 is 105 Å². The van der Waals surface area contributed by atoms with Gasteiger partial charge in [-0.25, -0.2) is 6.54 Å². The second-order valence-electron chi connectivity index (χ2n) is 12.3. The van der Waals surface area contributed by atoms with Crippen molar-refractivity contribution < 1.29 is 25.3 Å². The average Bonchev–Trinajstić information content (AvgIpc) is 3.26. The molecule has 1 heterocycles. The zero-order valence-electron chi connectivity index (χ0n) is 27.8. The molecule has 0 bridgehead atoms. The summed E-state index contributed by atoms with van der Waals surface area (Å²) in [4.78, 5) is 12.8. The predicted octanol–water partition coefficient (Wildman–Crippen LogP) is 10.4. The van der Waals surface area contributed by atoms with Gasteiger partial charge in [-0.3, -0.25) is 0 Å². The third-order valence-electron chi connectivity index (χ3n) is 7.94. The number of anilines is 1. The number of non-ortho nitro benzene ring substituents is 1. The molecule has 243 valence electrons. The molecule has 0 spiro atoms. The first kappa shape index (κ1) is 36.4. The molecule has 0 N–H and O–H groups in total. The Bertz CT molecular complexity index is 1510. The molecule has 0 amide bonds. The summed E-state index contributed by atoms with van der Waals surface area (Å²) in [5.41, 5.74) is 7.76. The van der Waals surface area contributed by atoms with Crippen LogP contribution >= 0.6 is 9.69 Å². The monoisotopic (exact) mass is 716 g/mol. The van der Waals surface area contributed by atoms with Gasteiger partial charge in [0.2, 0.25) is 0 Å². The number of allylic oxidation sites excluding steroid dienone is 3. The Balaban J connectivity index is 0.000000292. The van der Waals surface area contributed by atoms with Crippen LogP contribution in [0.4, 0.5) is 11.4 Å². The van der Waals surface area contributed by atoms with E-state index < -0.39 is 20.6 Å². The first-order chi connectivity index (χ1) is 21.4. The fourth-order valence-electron chi connectivity index (χ4n) is 6.10. The van der Waals surface area contributed by atoms with E-state index in [1.807, 2.05) is 13.8 Å². The molecule has 5 nitrogen and oxygen atoms in total. The minimum atomic E-state index is -0.440. The molecule has 1 fully saturated rings. The Morgan fingerprint density at radius 3 is 2.24 bits per heavy atom. The molecule has 0 aliphatic carbocycles. The van der Waals surface area contributed by atoms with Crippen LogP contribution in [0.25, 0.3) is 5.57 Å². The summed E-state index contributed by atoms with van der Waals surface area (Å²) in [6.45, 7) is 20.1. The van der Waals surface area contributed by atoms with E-state index in [0.29, 0.717) is 11.3 Å². The molecule has 3 aromatic carbocycles. The quantitative estimate of drug-likeness (QED) is 0.0689. The van der Waals surface area contributed by atoms with E-state index in [1.54, 1.807) is 10.7 Å². The fourth-order valence-corrected chi connectivity index (χ4v) is 7.19. The van der Waals surface area contributed by atoms with E-state index >= 15 is 0 Å². The van der Waals surface area contributed by atoms with Crippen LogP contribution < -0.4 is 9.64 Å². The van der Waals surface area contributed by atoms with E-state index in [9.17, 15) is 10.1 Å². The molecule has 1 aliphatic rings. The van der Waals surface area contributed by atoms with Crippen molar-refractivity contribution in [2.45, 2.75) is 86.3 Å². The maximum absolute atomic E-state index is 10.6. The molecule has 1 unspecified atom stereocenters. The SMILES string of the molecule is C/C=C\C=C(/c1ccccc1)C1(C)[CH-]N(c2c(CC)cccc2CC)C(C)(C)C1.CC(C)Oc1ccc([N+](=O)[O-])cc1[CH]=[Ru][Cl]. The third-order valence-corrected chi connectivity index (χ3v) is 9.13. The molecule has 0 saturated carbocycles. The van der Waals surface area contributed by atoms with Gasteiger partial charge < -0.3 is 4.90 Å². The summed E-state index contributed by atoms with van der Waals surface area (Å²) in [6.07, 6.45) is 9.82. The Morgan fingerprint density at radius 1 is 1.07 bits per heavy atom. The molecule has 0 aromatic heterocycles. The van der Waals surface area contributed by atoms with E-state index in [0.717, 1.165) is 19.3 Å². The Kier molecular flexibility index (Phi) is 13.3. The number of rotatable bonds is 10. The van der Waals surface area contributed by atoms with Gasteiger partial charge in [-0.15, -0.1) is 5.41 Å². The number of ether oxygens (including phenoxy) is 1. The zero-order valence-corrected chi connectivity index (χ0v) is 30.3. The predicted molar refractivity (Wildman–Crippen MR) is 188 cm³/mol. The third kappa shape index (κ3) is 9.24. The van der Waals surface area contributed by atoms with Crippen LogP contribution in [0.1, 0.15) is 84.1 Å². The average molecular weight is 716 g/mol. The number of nitrogens with zero attached hydrogens (tertiary/aromatic N) is 2. The summed E-state index contributed by atoms with van der Waals surface area (Å²) in [6, 6.07) is 22.2. The van der Waals surface area contributed by atoms with Crippen LogP contribution in [-0.2, 0) is 28.5 Å². The molecular weight excluding hydrogens is 669 g/mol. The second-order valence-corrected chi connectivity index (χ2v) is 14.1. The summed E-state index contributed by atoms with van der Waals surface area (Å²) in [5.74, 6) is 0.635. The topological polar surface area (TPSA) is 55.6 Å². The fraction of sp³-hybridized carbons (Fsp3) is 0.368. The van der Waals surface area contributed by atoms with Crippen LogP contribution in [0.15, 0.2) is 85.0 Å². The van der Waals surface area contributed by atoms with E-state index in [2.05, 4.69) is 120 Å². The van der Waals surface area contributed by atoms with Gasteiger partial charge in [0, 0.05) is 11.2 Å². The number of hydrogen-bond donors (Lipinski definition) is 0. The van der Waals surface area contributed by atoms with Crippen molar-refractivity contribution in [2.75, 3.05) is 4.90 Å². The Hall–Kier alpha value is -3.08. The van der Waals surface area contributed by atoms with Gasteiger partial charge in [-0.2, -0.15) is 0 Å². The van der Waals surface area contributed by atoms with Crippen molar-refractivity contribution in [2.24, 2.45) is 5.41 Å². The summed E-state index contributed by atoms with van der Waals surface area (Å²) in [7, 11) is 5.69. The summed E-state index contributed by atoms with van der Waals surface area (Å²) < 4.78 is 7.31. The minimum absolute atomic E-state index is 0.0275. The molecular formula is C38H47ClN2O3Ru-. The Morgan fingerprint density at radius 2 is 1.71 bits per heavy atom. The van der Waals surface area contributed by atoms with Gasteiger partial charge in [0.15, 0.2) is 0 Å². The number of halogens is 1. The van der Waals surface area contributed by atoms with Crippen LogP contribution in [0.2, 0.25) is 0 Å². The normalized spacial score (nSPS) is 18.2. The van der Waals surface area contributed by atoms with Crippen molar-refractivity contribution in [1.29, 1.82) is 0 Å². The van der Waals surface area contributed by atoms with Gasteiger partial charge in [0.1, 0.15) is 0 Å². The summed E-state index contributed by atoms with van der Waals surface area (Å²) >= 11 is -0.440. The number of nitro groups is 1. The maximum atomic E-state index is 10.6.